The number of carbonyl (C=O) groups excluding carboxylic acids is 2. The molecule has 0 spiro atoms. The van der Waals surface area contributed by atoms with Crippen LogP contribution < -0.4 is 5.32 Å². The fourth-order valence-electron chi connectivity index (χ4n) is 1.64. The molecule has 0 fully saturated rings. The van der Waals surface area contributed by atoms with Crippen molar-refractivity contribution in [3.05, 3.63) is 35.9 Å². The van der Waals surface area contributed by atoms with E-state index in [1.54, 1.807) is 37.3 Å². The van der Waals surface area contributed by atoms with Crippen molar-refractivity contribution in [2.45, 2.75) is 19.4 Å². The Balaban J connectivity index is 2.81. The van der Waals surface area contributed by atoms with Crippen molar-refractivity contribution in [1.82, 2.24) is 5.32 Å². The van der Waals surface area contributed by atoms with Gasteiger partial charge in [0.25, 0.3) is 5.91 Å². The Bertz CT molecular complexity index is 479. The van der Waals surface area contributed by atoms with Gasteiger partial charge >= 0.3 is 5.97 Å². The van der Waals surface area contributed by atoms with Crippen LogP contribution in [0.5, 0.6) is 0 Å². The van der Waals surface area contributed by atoms with Gasteiger partial charge in [-0.15, -0.1) is 0 Å². The Morgan fingerprint density at radius 3 is 2.53 bits per heavy atom. The zero-order chi connectivity index (χ0) is 14.3. The third-order valence-electron chi connectivity index (χ3n) is 2.76. The lowest BCUT2D eigenvalue weighted by molar-refractivity contribution is -0.144. The molecule has 100 valence electrons. The summed E-state index contributed by atoms with van der Waals surface area (Å²) in [4.78, 5) is 23.6. The third-order valence-corrected chi connectivity index (χ3v) is 2.76. The van der Waals surface area contributed by atoms with Gasteiger partial charge in [0.1, 0.15) is 6.04 Å². The smallest absolute Gasteiger partial charge is 0.328 e. The Labute approximate surface area is 112 Å². The highest BCUT2D eigenvalue weighted by atomic mass is 16.5. The van der Waals surface area contributed by atoms with Gasteiger partial charge in [0.05, 0.1) is 13.2 Å². The number of rotatable bonds is 5. The second-order valence-electron chi connectivity index (χ2n) is 4.18. The number of ether oxygens (including phenoxy) is 1. The summed E-state index contributed by atoms with van der Waals surface area (Å²) < 4.78 is 4.65. The molecule has 1 rings (SSSR count). The van der Waals surface area contributed by atoms with Crippen LogP contribution in [-0.4, -0.2) is 25.0 Å². The van der Waals surface area contributed by atoms with Crippen LogP contribution in [0, 0.1) is 17.2 Å². The molecule has 1 amide bonds. The lowest BCUT2D eigenvalue weighted by atomic mass is 9.98. The van der Waals surface area contributed by atoms with E-state index in [1.165, 1.54) is 7.11 Å². The molecule has 0 aliphatic carbocycles. The molecular formula is C14H16N2O3. The Hall–Kier alpha value is -2.35. The van der Waals surface area contributed by atoms with Gasteiger partial charge in [0.15, 0.2) is 0 Å². The molecule has 1 N–H and O–H groups in total. The summed E-state index contributed by atoms with van der Waals surface area (Å²) in [6.45, 7) is 1.72. The molecule has 0 saturated heterocycles. The highest BCUT2D eigenvalue weighted by Crippen LogP contribution is 2.10. The molecular weight excluding hydrogens is 244 g/mol. The number of hydrogen-bond donors (Lipinski definition) is 1. The van der Waals surface area contributed by atoms with Gasteiger partial charge < -0.3 is 10.1 Å². The van der Waals surface area contributed by atoms with Gasteiger partial charge in [-0.05, 0) is 12.1 Å². The molecule has 0 radical (unpaired) electrons. The zero-order valence-corrected chi connectivity index (χ0v) is 10.9. The van der Waals surface area contributed by atoms with Crippen LogP contribution in [0.1, 0.15) is 23.7 Å². The molecule has 5 nitrogen and oxygen atoms in total. The van der Waals surface area contributed by atoms with Crippen LogP contribution in [-0.2, 0) is 9.53 Å². The highest BCUT2D eigenvalue weighted by molar-refractivity contribution is 5.96. The molecule has 5 heteroatoms. The van der Waals surface area contributed by atoms with Crippen molar-refractivity contribution >= 4 is 11.9 Å². The highest BCUT2D eigenvalue weighted by Gasteiger charge is 2.27. The summed E-state index contributed by atoms with van der Waals surface area (Å²) in [5.74, 6) is -1.22. The summed E-state index contributed by atoms with van der Waals surface area (Å²) in [6, 6.07) is 9.73. The topological polar surface area (TPSA) is 79.2 Å². The first kappa shape index (κ1) is 14.7. The number of nitrogens with one attached hydrogen (secondary N) is 1. The van der Waals surface area contributed by atoms with E-state index in [-0.39, 0.29) is 18.2 Å². The first-order chi connectivity index (χ1) is 9.10. The van der Waals surface area contributed by atoms with Gasteiger partial charge in [-0.25, -0.2) is 4.79 Å². The van der Waals surface area contributed by atoms with Gasteiger partial charge in [-0.3, -0.25) is 4.79 Å². The molecule has 0 heterocycles. The molecule has 2 atom stereocenters. The molecule has 0 aliphatic rings. The van der Waals surface area contributed by atoms with Crippen LogP contribution in [0.2, 0.25) is 0 Å². The first-order valence-corrected chi connectivity index (χ1v) is 5.90. The predicted molar refractivity (Wildman–Crippen MR) is 69.1 cm³/mol. The number of benzene rings is 1. The fourth-order valence-corrected chi connectivity index (χ4v) is 1.64. The largest absolute Gasteiger partial charge is 0.467 e. The van der Waals surface area contributed by atoms with Crippen LogP contribution >= 0.6 is 0 Å². The second kappa shape index (κ2) is 7.17. The van der Waals surface area contributed by atoms with Crippen molar-refractivity contribution in [1.29, 1.82) is 5.26 Å². The van der Waals surface area contributed by atoms with Gasteiger partial charge in [0.2, 0.25) is 0 Å². The predicted octanol–water partition coefficient (Wildman–Crippen LogP) is 1.51. The lowest BCUT2D eigenvalue weighted by Gasteiger charge is -2.21. The van der Waals surface area contributed by atoms with E-state index in [9.17, 15) is 9.59 Å². The number of hydrogen-bond acceptors (Lipinski definition) is 4. The van der Waals surface area contributed by atoms with E-state index in [0.717, 1.165) is 0 Å². The summed E-state index contributed by atoms with van der Waals surface area (Å²) in [5, 5.41) is 11.3. The maximum Gasteiger partial charge on any atom is 0.328 e. The fraction of sp³-hybridized carbons (Fsp3) is 0.357. The van der Waals surface area contributed by atoms with Crippen LogP contribution in [0.4, 0.5) is 0 Å². The summed E-state index contributed by atoms with van der Waals surface area (Å²) in [5.41, 5.74) is 0.459. The van der Waals surface area contributed by atoms with Crippen molar-refractivity contribution in [3.63, 3.8) is 0 Å². The number of carbonyl (C=O) groups is 2. The second-order valence-corrected chi connectivity index (χ2v) is 4.18. The zero-order valence-electron chi connectivity index (χ0n) is 10.9. The maximum absolute atomic E-state index is 12.0. The minimum atomic E-state index is -0.822. The quantitative estimate of drug-likeness (QED) is 0.814. The van der Waals surface area contributed by atoms with E-state index in [1.807, 2.05) is 6.07 Å². The normalized spacial score (nSPS) is 12.9. The lowest BCUT2D eigenvalue weighted by Crippen LogP contribution is -2.45. The molecule has 1 aromatic carbocycles. The van der Waals surface area contributed by atoms with E-state index >= 15 is 0 Å². The van der Waals surface area contributed by atoms with Crippen molar-refractivity contribution in [2.24, 2.45) is 5.92 Å². The minimum absolute atomic E-state index is 0.162. The van der Waals surface area contributed by atoms with Crippen LogP contribution in [0.15, 0.2) is 30.3 Å². The molecule has 19 heavy (non-hydrogen) atoms. The molecule has 0 saturated carbocycles. The number of nitriles is 1. The standard InChI is InChI=1S/C14H16N2O3/c1-10(8-9-15)12(14(18)19-2)16-13(17)11-6-4-3-5-7-11/h3-7,10,12H,8H2,1-2H3,(H,16,17)/t10-,12-/m1/s1. The van der Waals surface area contributed by atoms with Gasteiger partial charge in [-0.2, -0.15) is 5.26 Å². The average Bonchev–Trinajstić information content (AvgIpc) is 2.44. The first-order valence-electron chi connectivity index (χ1n) is 5.90. The average molecular weight is 260 g/mol. The summed E-state index contributed by atoms with van der Waals surface area (Å²) in [7, 11) is 1.25. The Morgan fingerprint density at radius 2 is 2.00 bits per heavy atom. The van der Waals surface area contributed by atoms with Gasteiger partial charge in [0, 0.05) is 17.9 Å². The number of amides is 1. The number of esters is 1. The molecule has 0 aliphatic heterocycles. The monoisotopic (exact) mass is 260 g/mol. The number of nitrogens with zero attached hydrogens (tertiary/aromatic N) is 1. The molecule has 0 bridgehead atoms. The van der Waals surface area contributed by atoms with E-state index < -0.39 is 12.0 Å². The molecule has 0 aromatic heterocycles. The molecule has 0 unspecified atom stereocenters. The van der Waals surface area contributed by atoms with E-state index in [2.05, 4.69) is 10.1 Å². The van der Waals surface area contributed by atoms with Crippen LogP contribution in [0.3, 0.4) is 0 Å². The maximum atomic E-state index is 12.0. The minimum Gasteiger partial charge on any atom is -0.467 e. The third kappa shape index (κ3) is 4.11. The van der Waals surface area contributed by atoms with Crippen LogP contribution in [0.25, 0.3) is 0 Å². The SMILES string of the molecule is COC(=O)[C@H](NC(=O)c1ccccc1)[C@H](C)CC#N. The van der Waals surface area contributed by atoms with Crippen molar-refractivity contribution < 1.29 is 14.3 Å². The van der Waals surface area contributed by atoms with Crippen molar-refractivity contribution in [3.8, 4) is 6.07 Å². The number of methoxy groups -OCH3 is 1. The Morgan fingerprint density at radius 1 is 1.37 bits per heavy atom. The molecule has 1 aromatic rings. The van der Waals surface area contributed by atoms with E-state index in [4.69, 9.17) is 5.26 Å². The van der Waals surface area contributed by atoms with Gasteiger partial charge in [-0.1, -0.05) is 25.1 Å². The van der Waals surface area contributed by atoms with Crippen molar-refractivity contribution in [2.75, 3.05) is 7.11 Å². The summed E-state index contributed by atoms with van der Waals surface area (Å²) >= 11 is 0. The summed E-state index contributed by atoms with van der Waals surface area (Å²) in [6.07, 6.45) is 0.162. The Kier molecular flexibility index (Phi) is 5.55. The van der Waals surface area contributed by atoms with E-state index in [0.29, 0.717) is 5.56 Å².